The topological polar surface area (TPSA) is 35.2 Å². The van der Waals surface area contributed by atoms with Crippen LogP contribution in [0.15, 0.2) is 12.1 Å². The van der Waals surface area contributed by atoms with Gasteiger partial charge in [-0.05, 0) is 6.07 Å². The highest BCUT2D eigenvalue weighted by atomic mass is 19.4. The monoisotopic (exact) mass is 235 g/mol. The third kappa shape index (κ3) is 1.84. The van der Waals surface area contributed by atoms with E-state index in [4.69, 9.17) is 10.5 Å². The second-order valence-electron chi connectivity index (χ2n) is 3.61. The van der Waals surface area contributed by atoms with Crippen molar-refractivity contribution in [2.75, 3.05) is 6.61 Å². The fourth-order valence-electron chi connectivity index (χ4n) is 1.66. The van der Waals surface area contributed by atoms with E-state index in [9.17, 15) is 17.6 Å². The largest absolute Gasteiger partial charge is 0.493 e. The molecule has 1 aliphatic rings. The Morgan fingerprint density at radius 1 is 1.31 bits per heavy atom. The van der Waals surface area contributed by atoms with E-state index in [2.05, 4.69) is 0 Å². The third-order valence-corrected chi connectivity index (χ3v) is 2.49. The Hall–Kier alpha value is -1.30. The molecule has 1 atom stereocenters. The normalized spacial score (nSPS) is 20.2. The maximum atomic E-state index is 13.2. The summed E-state index contributed by atoms with van der Waals surface area (Å²) in [5.74, 6) is -1.23. The van der Waals surface area contributed by atoms with Crippen LogP contribution in [-0.4, -0.2) is 6.61 Å². The van der Waals surface area contributed by atoms with Crippen molar-refractivity contribution < 1.29 is 22.3 Å². The lowest BCUT2D eigenvalue weighted by atomic mass is 9.98. The zero-order valence-electron chi connectivity index (χ0n) is 8.14. The maximum absolute atomic E-state index is 13.2. The van der Waals surface area contributed by atoms with Gasteiger partial charge < -0.3 is 10.5 Å². The molecule has 1 aliphatic heterocycles. The zero-order valence-corrected chi connectivity index (χ0v) is 8.14. The summed E-state index contributed by atoms with van der Waals surface area (Å²) in [5, 5.41) is 0. The van der Waals surface area contributed by atoms with Gasteiger partial charge in [0.25, 0.3) is 0 Å². The van der Waals surface area contributed by atoms with Crippen LogP contribution < -0.4 is 10.5 Å². The summed E-state index contributed by atoms with van der Waals surface area (Å²) in [6.45, 7) is 0.291. The van der Waals surface area contributed by atoms with Gasteiger partial charge in [0.1, 0.15) is 11.6 Å². The molecule has 6 heteroatoms. The molecule has 2 nitrogen and oxygen atoms in total. The molecule has 16 heavy (non-hydrogen) atoms. The number of hydrogen-bond acceptors (Lipinski definition) is 2. The van der Waals surface area contributed by atoms with Crippen molar-refractivity contribution in [3.63, 3.8) is 0 Å². The van der Waals surface area contributed by atoms with Gasteiger partial charge in [0.15, 0.2) is 0 Å². The molecule has 0 fully saturated rings. The van der Waals surface area contributed by atoms with Gasteiger partial charge in [0, 0.05) is 24.1 Å². The molecule has 0 amide bonds. The minimum absolute atomic E-state index is 0.101. The van der Waals surface area contributed by atoms with E-state index in [1.54, 1.807) is 0 Å². The van der Waals surface area contributed by atoms with Gasteiger partial charge in [-0.25, -0.2) is 4.39 Å². The molecule has 0 saturated heterocycles. The molecule has 0 bridgehead atoms. The van der Waals surface area contributed by atoms with Crippen molar-refractivity contribution in [1.82, 2.24) is 0 Å². The number of ether oxygens (including phenoxy) is 1. The van der Waals surface area contributed by atoms with Crippen LogP contribution in [0.1, 0.15) is 23.6 Å². The van der Waals surface area contributed by atoms with Crippen LogP contribution in [0.2, 0.25) is 0 Å². The first-order valence-corrected chi connectivity index (χ1v) is 4.68. The Bertz CT molecular complexity index is 416. The first-order valence-electron chi connectivity index (χ1n) is 4.68. The lowest BCUT2D eigenvalue weighted by Gasteiger charge is -2.24. The number of alkyl halides is 3. The van der Waals surface area contributed by atoms with E-state index in [0.29, 0.717) is 13.0 Å². The molecule has 2 N–H and O–H groups in total. The Kier molecular flexibility index (Phi) is 2.53. The third-order valence-electron chi connectivity index (χ3n) is 2.49. The lowest BCUT2D eigenvalue weighted by molar-refractivity contribution is -0.140. The molecule has 1 aromatic rings. The van der Waals surface area contributed by atoms with Gasteiger partial charge in [-0.2, -0.15) is 13.2 Å². The van der Waals surface area contributed by atoms with E-state index in [-0.39, 0.29) is 11.3 Å². The molecule has 0 aromatic heterocycles. The first kappa shape index (κ1) is 11.2. The Labute approximate surface area is 89.0 Å². The summed E-state index contributed by atoms with van der Waals surface area (Å²) >= 11 is 0. The van der Waals surface area contributed by atoms with Crippen molar-refractivity contribution >= 4 is 0 Å². The number of nitrogens with two attached hydrogens (primary N) is 1. The van der Waals surface area contributed by atoms with Crippen LogP contribution in [0, 0.1) is 5.82 Å². The highest BCUT2D eigenvalue weighted by Gasteiger charge is 2.36. The second kappa shape index (κ2) is 3.62. The fourth-order valence-corrected chi connectivity index (χ4v) is 1.66. The molecule has 2 rings (SSSR count). The van der Waals surface area contributed by atoms with E-state index < -0.39 is 23.6 Å². The van der Waals surface area contributed by atoms with Crippen molar-refractivity contribution in [1.29, 1.82) is 0 Å². The number of benzene rings is 1. The van der Waals surface area contributed by atoms with Crippen molar-refractivity contribution in [2.45, 2.75) is 18.6 Å². The standard InChI is InChI=1S/C10H9F4NO/c11-7-4-9-5(8(15)1-2-16-9)3-6(7)10(12,13)14/h3-4,8H,1-2,15H2/t8-/m1/s1. The summed E-state index contributed by atoms with van der Waals surface area (Å²) in [4.78, 5) is 0. The van der Waals surface area contributed by atoms with Gasteiger partial charge in [-0.1, -0.05) is 0 Å². The average Bonchev–Trinajstić information content (AvgIpc) is 2.15. The van der Waals surface area contributed by atoms with Gasteiger partial charge in [0.05, 0.1) is 12.2 Å². The molecule has 1 aromatic carbocycles. The molecule has 1 heterocycles. The van der Waals surface area contributed by atoms with Crippen LogP contribution in [-0.2, 0) is 6.18 Å². The minimum atomic E-state index is -4.71. The van der Waals surface area contributed by atoms with Gasteiger partial charge in [0.2, 0.25) is 0 Å². The highest BCUT2D eigenvalue weighted by Crippen LogP contribution is 2.38. The summed E-state index contributed by atoms with van der Waals surface area (Å²) in [6.07, 6.45) is -4.29. The summed E-state index contributed by atoms with van der Waals surface area (Å²) in [7, 11) is 0. The van der Waals surface area contributed by atoms with Gasteiger partial charge >= 0.3 is 6.18 Å². The maximum Gasteiger partial charge on any atom is 0.419 e. The molecule has 0 spiro atoms. The molecule has 0 radical (unpaired) electrons. The Morgan fingerprint density at radius 3 is 2.62 bits per heavy atom. The van der Waals surface area contributed by atoms with Crippen LogP contribution >= 0.6 is 0 Å². The van der Waals surface area contributed by atoms with E-state index in [1.807, 2.05) is 0 Å². The van der Waals surface area contributed by atoms with Crippen LogP contribution in [0.5, 0.6) is 5.75 Å². The first-order chi connectivity index (χ1) is 7.39. The molecular formula is C10H9F4NO. The van der Waals surface area contributed by atoms with Gasteiger partial charge in [-0.15, -0.1) is 0 Å². The summed E-state index contributed by atoms with van der Waals surface area (Å²) in [5.41, 5.74) is 4.55. The smallest absolute Gasteiger partial charge is 0.419 e. The predicted octanol–water partition coefficient (Wildman–Crippen LogP) is 2.63. The SMILES string of the molecule is N[C@@H]1CCOc2cc(F)c(C(F)(F)F)cc21. The van der Waals surface area contributed by atoms with E-state index in [1.165, 1.54) is 0 Å². The number of rotatable bonds is 0. The van der Waals surface area contributed by atoms with Gasteiger partial charge in [-0.3, -0.25) is 0 Å². The van der Waals surface area contributed by atoms with E-state index in [0.717, 1.165) is 12.1 Å². The van der Waals surface area contributed by atoms with Crippen LogP contribution in [0.25, 0.3) is 0 Å². The molecule has 0 saturated carbocycles. The predicted molar refractivity (Wildman–Crippen MR) is 48.4 cm³/mol. The molecule has 88 valence electrons. The van der Waals surface area contributed by atoms with Crippen LogP contribution in [0.3, 0.4) is 0 Å². The Morgan fingerprint density at radius 2 is 2.00 bits per heavy atom. The second-order valence-corrected chi connectivity index (χ2v) is 3.61. The molecule has 0 unspecified atom stereocenters. The van der Waals surface area contributed by atoms with Crippen molar-refractivity contribution in [3.05, 3.63) is 29.1 Å². The van der Waals surface area contributed by atoms with E-state index >= 15 is 0 Å². The number of halogens is 4. The van der Waals surface area contributed by atoms with Crippen molar-refractivity contribution in [2.24, 2.45) is 5.73 Å². The lowest BCUT2D eigenvalue weighted by Crippen LogP contribution is -2.22. The quantitative estimate of drug-likeness (QED) is 0.701. The summed E-state index contributed by atoms with van der Waals surface area (Å²) in [6, 6.07) is 0.941. The number of hydrogen-bond donors (Lipinski definition) is 1. The molecule has 0 aliphatic carbocycles. The Balaban J connectivity index is 2.54. The minimum Gasteiger partial charge on any atom is -0.493 e. The zero-order chi connectivity index (χ0) is 11.9. The average molecular weight is 235 g/mol. The summed E-state index contributed by atoms with van der Waals surface area (Å²) < 4.78 is 55.5. The molecular weight excluding hydrogens is 226 g/mol. The highest BCUT2D eigenvalue weighted by molar-refractivity contribution is 5.42. The number of fused-ring (bicyclic) bond motifs is 1. The fraction of sp³-hybridized carbons (Fsp3) is 0.400. The van der Waals surface area contributed by atoms with Crippen LogP contribution in [0.4, 0.5) is 17.6 Å². The van der Waals surface area contributed by atoms with Crippen molar-refractivity contribution in [3.8, 4) is 5.75 Å².